The molecule has 1 aromatic carbocycles. The van der Waals surface area contributed by atoms with Crippen LogP contribution >= 0.6 is 27.7 Å². The number of hydrogen-bond acceptors (Lipinski definition) is 6. The maximum Gasteiger partial charge on any atom is 0.210 e. The molecule has 0 amide bonds. The van der Waals surface area contributed by atoms with Gasteiger partial charge in [-0.2, -0.15) is 0 Å². The van der Waals surface area contributed by atoms with Gasteiger partial charge in [0, 0.05) is 5.56 Å². The Balaban J connectivity index is 1.64. The topological polar surface area (TPSA) is 69.9 Å². The summed E-state index contributed by atoms with van der Waals surface area (Å²) in [5.74, 6) is 1.06. The molecule has 0 atom stereocenters. The van der Waals surface area contributed by atoms with Gasteiger partial charge in [-0.15, -0.1) is 5.10 Å². The third kappa shape index (κ3) is 3.97. The van der Waals surface area contributed by atoms with Crippen molar-refractivity contribution in [3.63, 3.8) is 0 Å². The minimum Gasteiger partial charge on any atom is -0.496 e. The van der Waals surface area contributed by atoms with Gasteiger partial charge in [-0.05, 0) is 57.4 Å². The van der Waals surface area contributed by atoms with E-state index in [4.69, 9.17) is 4.74 Å². The third-order valence-electron chi connectivity index (χ3n) is 4.19. The van der Waals surface area contributed by atoms with Crippen molar-refractivity contribution in [1.29, 1.82) is 0 Å². The molecule has 0 spiro atoms. The van der Waals surface area contributed by atoms with Crippen LogP contribution in [0.2, 0.25) is 0 Å². The summed E-state index contributed by atoms with van der Waals surface area (Å²) in [5.41, 5.74) is 0.645. The Kier molecular flexibility index (Phi) is 5.89. The van der Waals surface area contributed by atoms with Gasteiger partial charge in [0.1, 0.15) is 5.75 Å². The van der Waals surface area contributed by atoms with Crippen LogP contribution in [0.25, 0.3) is 0 Å². The molecule has 1 aromatic heterocycles. The highest BCUT2D eigenvalue weighted by Crippen LogP contribution is 2.31. The monoisotopic (exact) mass is 410 g/mol. The van der Waals surface area contributed by atoms with Crippen molar-refractivity contribution in [2.24, 2.45) is 0 Å². The summed E-state index contributed by atoms with van der Waals surface area (Å²) in [4.78, 5) is 12.4. The van der Waals surface area contributed by atoms with Crippen LogP contribution in [-0.4, -0.2) is 38.9 Å². The average Bonchev–Trinajstić information content (AvgIpc) is 3.09. The molecule has 3 rings (SSSR count). The Morgan fingerprint density at radius 3 is 2.88 bits per heavy atom. The first-order valence-corrected chi connectivity index (χ1v) is 9.74. The van der Waals surface area contributed by atoms with Gasteiger partial charge in [0.25, 0.3) is 0 Å². The number of ether oxygens (including phenoxy) is 1. The van der Waals surface area contributed by atoms with Crippen LogP contribution < -0.4 is 4.74 Å². The second-order valence-corrected chi connectivity index (χ2v) is 7.56. The molecule has 24 heavy (non-hydrogen) atoms. The Morgan fingerprint density at radius 1 is 1.38 bits per heavy atom. The zero-order valence-corrected chi connectivity index (χ0v) is 15.8. The Bertz CT molecular complexity index is 716. The van der Waals surface area contributed by atoms with Crippen LogP contribution in [0.1, 0.15) is 48.5 Å². The molecule has 1 aliphatic rings. The minimum atomic E-state index is 0.0431. The smallest absolute Gasteiger partial charge is 0.210 e. The van der Waals surface area contributed by atoms with Gasteiger partial charge >= 0.3 is 0 Å². The number of nitrogens with zero attached hydrogens (tertiary/aromatic N) is 4. The van der Waals surface area contributed by atoms with E-state index in [-0.39, 0.29) is 5.78 Å². The first-order chi connectivity index (χ1) is 11.7. The van der Waals surface area contributed by atoms with E-state index < -0.39 is 0 Å². The van der Waals surface area contributed by atoms with Crippen molar-refractivity contribution in [3.05, 3.63) is 28.2 Å². The predicted molar refractivity (Wildman–Crippen MR) is 95.7 cm³/mol. The quantitative estimate of drug-likeness (QED) is 0.530. The van der Waals surface area contributed by atoms with Crippen LogP contribution in [0, 0.1) is 0 Å². The number of methoxy groups -OCH3 is 1. The second-order valence-electron chi connectivity index (χ2n) is 5.76. The van der Waals surface area contributed by atoms with Crippen molar-refractivity contribution in [1.82, 2.24) is 20.2 Å². The fourth-order valence-corrected chi connectivity index (χ4v) is 4.27. The number of halogens is 1. The Hall–Kier alpha value is -1.41. The molecule has 128 valence electrons. The van der Waals surface area contributed by atoms with Crippen molar-refractivity contribution in [2.75, 3.05) is 12.9 Å². The highest BCUT2D eigenvalue weighted by atomic mass is 79.9. The highest BCUT2D eigenvalue weighted by Gasteiger charge is 2.21. The van der Waals surface area contributed by atoms with E-state index in [0.29, 0.717) is 23.1 Å². The molecule has 8 heteroatoms. The number of carbonyl (C=O) groups excluding carboxylic acids is 1. The zero-order valence-electron chi connectivity index (χ0n) is 13.4. The molecule has 1 heterocycles. The van der Waals surface area contributed by atoms with Crippen molar-refractivity contribution in [3.8, 4) is 5.75 Å². The number of hydrogen-bond donors (Lipinski definition) is 0. The largest absolute Gasteiger partial charge is 0.496 e. The first kappa shape index (κ1) is 17.4. The van der Waals surface area contributed by atoms with Crippen LogP contribution in [0.15, 0.2) is 27.8 Å². The normalized spacial score (nSPS) is 15.4. The van der Waals surface area contributed by atoms with E-state index in [0.717, 1.165) is 22.5 Å². The minimum absolute atomic E-state index is 0.0431. The first-order valence-electron chi connectivity index (χ1n) is 7.96. The summed E-state index contributed by atoms with van der Waals surface area (Å²) in [6.07, 6.45) is 5.93. The fourth-order valence-electron chi connectivity index (χ4n) is 2.89. The number of thioether (sulfide) groups is 1. The lowest BCUT2D eigenvalue weighted by molar-refractivity contribution is 0.102. The summed E-state index contributed by atoms with van der Waals surface area (Å²) in [6, 6.07) is 5.71. The van der Waals surface area contributed by atoms with Gasteiger partial charge in [0.2, 0.25) is 5.16 Å². The lowest BCUT2D eigenvalue weighted by Crippen LogP contribution is -2.15. The molecule has 0 N–H and O–H groups in total. The third-order valence-corrected chi connectivity index (χ3v) is 5.74. The molecule has 1 fully saturated rings. The van der Waals surface area contributed by atoms with Gasteiger partial charge in [0.05, 0.1) is 23.4 Å². The van der Waals surface area contributed by atoms with Crippen LogP contribution in [0.3, 0.4) is 0 Å². The summed E-state index contributed by atoms with van der Waals surface area (Å²) >= 11 is 4.81. The van der Waals surface area contributed by atoms with Gasteiger partial charge in [0.15, 0.2) is 5.78 Å². The molecular formula is C16H19BrN4O2S. The van der Waals surface area contributed by atoms with Crippen LogP contribution in [-0.2, 0) is 0 Å². The summed E-state index contributed by atoms with van der Waals surface area (Å²) < 4.78 is 7.85. The van der Waals surface area contributed by atoms with Crippen molar-refractivity contribution in [2.45, 2.75) is 43.3 Å². The van der Waals surface area contributed by atoms with Gasteiger partial charge in [-0.1, -0.05) is 31.0 Å². The highest BCUT2D eigenvalue weighted by molar-refractivity contribution is 9.10. The fraction of sp³-hybridized carbons (Fsp3) is 0.500. The van der Waals surface area contributed by atoms with E-state index in [1.54, 1.807) is 25.3 Å². The van der Waals surface area contributed by atoms with E-state index in [1.165, 1.54) is 31.0 Å². The van der Waals surface area contributed by atoms with E-state index in [2.05, 4.69) is 31.5 Å². The van der Waals surface area contributed by atoms with Crippen molar-refractivity contribution >= 4 is 33.5 Å². The number of rotatable bonds is 6. The number of benzene rings is 1. The summed E-state index contributed by atoms with van der Waals surface area (Å²) in [7, 11) is 1.60. The summed E-state index contributed by atoms with van der Waals surface area (Å²) in [5, 5.41) is 12.7. The maximum atomic E-state index is 12.4. The lowest BCUT2D eigenvalue weighted by atomic mass is 9.96. The van der Waals surface area contributed by atoms with Crippen LogP contribution in [0.4, 0.5) is 0 Å². The standard InChI is InChI=1S/C16H19BrN4O2S/c1-23-15-8-7-11(9-13(15)17)14(22)10-24-16-18-19-20-21(16)12-5-3-2-4-6-12/h7-9,12H,2-6,10H2,1H3. The predicted octanol–water partition coefficient (Wildman–Crippen LogP) is 3.92. The molecule has 0 radical (unpaired) electrons. The zero-order chi connectivity index (χ0) is 16.9. The number of ketones is 1. The molecule has 0 bridgehead atoms. The molecule has 0 unspecified atom stereocenters. The molecule has 2 aromatic rings. The maximum absolute atomic E-state index is 12.4. The lowest BCUT2D eigenvalue weighted by Gasteiger charge is -2.21. The number of Topliss-reactive ketones (excluding diaryl/α,β-unsaturated/α-hetero) is 1. The van der Waals surface area contributed by atoms with E-state index in [1.807, 2.05) is 4.68 Å². The van der Waals surface area contributed by atoms with Gasteiger partial charge in [-0.3, -0.25) is 4.79 Å². The molecule has 6 nitrogen and oxygen atoms in total. The van der Waals surface area contributed by atoms with Crippen molar-refractivity contribution < 1.29 is 9.53 Å². The summed E-state index contributed by atoms with van der Waals surface area (Å²) in [6.45, 7) is 0. The SMILES string of the molecule is COc1ccc(C(=O)CSc2nnnn2C2CCCCC2)cc1Br. The molecule has 0 saturated heterocycles. The van der Waals surface area contributed by atoms with E-state index in [9.17, 15) is 4.79 Å². The van der Waals surface area contributed by atoms with Gasteiger partial charge < -0.3 is 4.74 Å². The number of carbonyl (C=O) groups is 1. The van der Waals surface area contributed by atoms with Crippen LogP contribution in [0.5, 0.6) is 5.75 Å². The Morgan fingerprint density at radius 2 is 2.17 bits per heavy atom. The molecule has 1 saturated carbocycles. The number of tetrazole rings is 1. The molecule has 1 aliphatic carbocycles. The molecule has 0 aliphatic heterocycles. The van der Waals surface area contributed by atoms with Gasteiger partial charge in [-0.25, -0.2) is 4.68 Å². The van der Waals surface area contributed by atoms with E-state index >= 15 is 0 Å². The average molecular weight is 411 g/mol. The molecular weight excluding hydrogens is 392 g/mol. The Labute approximate surface area is 153 Å². The second kappa shape index (κ2) is 8.11. The number of aromatic nitrogens is 4.